The number of nitrogens with one attached hydrogen (secondary N) is 1. The molecule has 0 saturated heterocycles. The molecule has 0 heterocycles. The van der Waals surface area contributed by atoms with Crippen molar-refractivity contribution in [2.24, 2.45) is 0 Å². The highest BCUT2D eigenvalue weighted by Gasteiger charge is 2.18. The maximum atomic E-state index is 12.2. The highest BCUT2D eigenvalue weighted by Crippen LogP contribution is 2.28. The number of benzene rings is 2. The lowest BCUT2D eigenvalue weighted by Crippen LogP contribution is -2.15. The number of anilines is 2. The first kappa shape index (κ1) is 15.0. The van der Waals surface area contributed by atoms with E-state index in [9.17, 15) is 14.9 Å². The van der Waals surface area contributed by atoms with E-state index in [4.69, 9.17) is 5.73 Å². The number of nitro benzene ring substituents is 1. The van der Waals surface area contributed by atoms with Crippen molar-refractivity contribution in [2.75, 3.05) is 11.1 Å². The van der Waals surface area contributed by atoms with Crippen molar-refractivity contribution in [3.05, 3.63) is 62.1 Å². The summed E-state index contributed by atoms with van der Waals surface area (Å²) in [6, 6.07) is 9.39. The van der Waals surface area contributed by atoms with Gasteiger partial charge in [-0.15, -0.1) is 0 Å². The third kappa shape index (κ3) is 3.19. The summed E-state index contributed by atoms with van der Waals surface area (Å²) in [5, 5.41) is 13.6. The van der Waals surface area contributed by atoms with Gasteiger partial charge in [0.15, 0.2) is 0 Å². The van der Waals surface area contributed by atoms with Gasteiger partial charge in [0.2, 0.25) is 0 Å². The summed E-state index contributed by atoms with van der Waals surface area (Å²) >= 11 is 3.16. The molecule has 0 aromatic heterocycles. The molecule has 3 N–H and O–H groups in total. The van der Waals surface area contributed by atoms with Gasteiger partial charge in [-0.3, -0.25) is 14.9 Å². The fourth-order valence-electron chi connectivity index (χ4n) is 1.85. The number of rotatable bonds is 3. The zero-order valence-corrected chi connectivity index (χ0v) is 12.7. The Morgan fingerprint density at radius 3 is 2.71 bits per heavy atom. The molecule has 2 rings (SSSR count). The molecule has 21 heavy (non-hydrogen) atoms. The molecule has 0 saturated carbocycles. The van der Waals surface area contributed by atoms with Gasteiger partial charge in [-0.25, -0.2) is 0 Å². The van der Waals surface area contributed by atoms with Gasteiger partial charge in [0.1, 0.15) is 5.69 Å². The van der Waals surface area contributed by atoms with E-state index in [1.165, 1.54) is 12.1 Å². The molecule has 0 fully saturated rings. The maximum Gasteiger partial charge on any atom is 0.293 e. The van der Waals surface area contributed by atoms with E-state index >= 15 is 0 Å². The molecule has 1 amide bonds. The van der Waals surface area contributed by atoms with Gasteiger partial charge >= 0.3 is 0 Å². The summed E-state index contributed by atoms with van der Waals surface area (Å²) < 4.78 is 0.562. The predicted octanol–water partition coefficient (Wildman–Crippen LogP) is 3.50. The first-order valence-electron chi connectivity index (χ1n) is 6.00. The lowest BCUT2D eigenvalue weighted by Gasteiger charge is -2.09. The Hall–Kier alpha value is -2.41. The zero-order chi connectivity index (χ0) is 15.6. The topological polar surface area (TPSA) is 98.3 Å². The van der Waals surface area contributed by atoms with Crippen molar-refractivity contribution < 1.29 is 9.72 Å². The predicted molar refractivity (Wildman–Crippen MR) is 84.3 cm³/mol. The molecule has 0 aliphatic rings. The van der Waals surface area contributed by atoms with E-state index in [2.05, 4.69) is 21.2 Å². The summed E-state index contributed by atoms with van der Waals surface area (Å²) in [5.74, 6) is -0.440. The lowest BCUT2D eigenvalue weighted by molar-refractivity contribution is -0.384. The summed E-state index contributed by atoms with van der Waals surface area (Å²) in [5.41, 5.74) is 7.22. The average molecular weight is 350 g/mol. The number of nitro groups is 1. The number of hydrogen-bond donors (Lipinski definition) is 2. The number of halogens is 1. The van der Waals surface area contributed by atoms with Gasteiger partial charge in [-0.1, -0.05) is 22.0 Å². The molecule has 2 aromatic carbocycles. The van der Waals surface area contributed by atoms with Crippen LogP contribution in [-0.2, 0) is 0 Å². The van der Waals surface area contributed by atoms with Crippen LogP contribution in [-0.4, -0.2) is 10.8 Å². The van der Waals surface area contributed by atoms with Crippen LogP contribution in [0, 0.1) is 17.0 Å². The molecule has 0 atom stereocenters. The highest BCUT2D eigenvalue weighted by atomic mass is 79.9. The van der Waals surface area contributed by atoms with Crippen LogP contribution in [0.15, 0.2) is 40.9 Å². The van der Waals surface area contributed by atoms with Crippen LogP contribution < -0.4 is 11.1 Å². The molecular formula is C14H12BrN3O3. The minimum Gasteiger partial charge on any atom is -0.398 e. The second-order valence-corrected chi connectivity index (χ2v) is 5.31. The minimum atomic E-state index is -0.549. The largest absolute Gasteiger partial charge is 0.398 e. The number of carbonyl (C=O) groups is 1. The second kappa shape index (κ2) is 5.92. The van der Waals surface area contributed by atoms with Gasteiger partial charge in [0.05, 0.1) is 4.92 Å². The smallest absolute Gasteiger partial charge is 0.293 e. The second-order valence-electron chi connectivity index (χ2n) is 4.39. The van der Waals surface area contributed by atoms with Crippen molar-refractivity contribution in [3.8, 4) is 0 Å². The van der Waals surface area contributed by atoms with E-state index in [1.54, 1.807) is 31.2 Å². The van der Waals surface area contributed by atoms with Gasteiger partial charge < -0.3 is 11.1 Å². The molecule has 6 nitrogen and oxygen atoms in total. The highest BCUT2D eigenvalue weighted by molar-refractivity contribution is 9.10. The molecule has 0 radical (unpaired) electrons. The van der Waals surface area contributed by atoms with Crippen molar-refractivity contribution >= 4 is 38.9 Å². The Morgan fingerprint density at radius 2 is 2.05 bits per heavy atom. The number of carbonyl (C=O) groups excluding carboxylic acids is 1. The van der Waals surface area contributed by atoms with Crippen LogP contribution in [0.25, 0.3) is 0 Å². The van der Waals surface area contributed by atoms with E-state index in [0.717, 1.165) is 0 Å². The quantitative estimate of drug-likeness (QED) is 0.503. The van der Waals surface area contributed by atoms with Gasteiger partial charge in [0, 0.05) is 21.8 Å². The fraction of sp³-hybridized carbons (Fsp3) is 0.0714. The van der Waals surface area contributed by atoms with E-state index in [1.807, 2.05) is 0 Å². The van der Waals surface area contributed by atoms with Crippen LogP contribution in [0.3, 0.4) is 0 Å². The molecule has 108 valence electrons. The maximum absolute atomic E-state index is 12.2. The summed E-state index contributed by atoms with van der Waals surface area (Å²) in [6.45, 7) is 1.72. The molecular weight excluding hydrogens is 338 g/mol. The minimum absolute atomic E-state index is 0.134. The Labute approximate surface area is 129 Å². The molecule has 7 heteroatoms. The number of amides is 1. The molecule has 0 unspecified atom stereocenters. The van der Waals surface area contributed by atoms with Crippen molar-refractivity contribution in [2.45, 2.75) is 6.92 Å². The number of nitrogen functional groups attached to an aromatic ring is 1. The van der Waals surface area contributed by atoms with Gasteiger partial charge in [-0.05, 0) is 36.8 Å². The summed E-state index contributed by atoms with van der Waals surface area (Å²) in [7, 11) is 0. The number of hydrogen-bond acceptors (Lipinski definition) is 4. The Bertz CT molecular complexity index is 731. The zero-order valence-electron chi connectivity index (χ0n) is 11.1. The Kier molecular flexibility index (Phi) is 4.23. The Morgan fingerprint density at radius 1 is 1.33 bits per heavy atom. The first-order valence-corrected chi connectivity index (χ1v) is 6.80. The molecule has 0 aliphatic carbocycles. The molecule has 2 aromatic rings. The third-order valence-corrected chi connectivity index (χ3v) is 3.52. The monoisotopic (exact) mass is 349 g/mol. The third-order valence-electron chi connectivity index (χ3n) is 3.02. The van der Waals surface area contributed by atoms with Crippen LogP contribution in [0.4, 0.5) is 17.1 Å². The fourth-order valence-corrected chi connectivity index (χ4v) is 2.20. The SMILES string of the molecule is Cc1c(N)cccc1C(=O)Nc1ccc(Br)cc1[N+](=O)[O-]. The van der Waals surface area contributed by atoms with E-state index in [0.29, 0.717) is 21.3 Å². The van der Waals surface area contributed by atoms with Gasteiger partial charge in [-0.2, -0.15) is 0 Å². The first-order chi connectivity index (χ1) is 9.90. The average Bonchev–Trinajstić information content (AvgIpc) is 2.43. The van der Waals surface area contributed by atoms with Crippen LogP contribution in [0.2, 0.25) is 0 Å². The molecule has 0 bridgehead atoms. The van der Waals surface area contributed by atoms with Crippen LogP contribution in [0.1, 0.15) is 15.9 Å². The summed E-state index contributed by atoms with van der Waals surface area (Å²) in [4.78, 5) is 22.7. The normalized spacial score (nSPS) is 10.2. The molecule has 0 aliphatic heterocycles. The number of nitrogens with zero attached hydrogens (tertiary/aromatic N) is 1. The van der Waals surface area contributed by atoms with Crippen molar-refractivity contribution in [1.29, 1.82) is 0 Å². The standard InChI is InChI=1S/C14H12BrN3O3/c1-8-10(3-2-4-11(8)16)14(19)17-12-6-5-9(15)7-13(12)18(20)21/h2-7H,16H2,1H3,(H,17,19). The summed E-state index contributed by atoms with van der Waals surface area (Å²) in [6.07, 6.45) is 0. The number of nitrogens with two attached hydrogens (primary N) is 1. The van der Waals surface area contributed by atoms with E-state index in [-0.39, 0.29) is 11.4 Å². The van der Waals surface area contributed by atoms with E-state index < -0.39 is 10.8 Å². The van der Waals surface area contributed by atoms with Crippen molar-refractivity contribution in [1.82, 2.24) is 0 Å². The van der Waals surface area contributed by atoms with Crippen molar-refractivity contribution in [3.63, 3.8) is 0 Å². The Balaban J connectivity index is 2.36. The van der Waals surface area contributed by atoms with Crippen LogP contribution >= 0.6 is 15.9 Å². The lowest BCUT2D eigenvalue weighted by atomic mass is 10.1. The molecule has 0 spiro atoms. The van der Waals surface area contributed by atoms with Gasteiger partial charge in [0.25, 0.3) is 11.6 Å². The van der Waals surface area contributed by atoms with Crippen LogP contribution in [0.5, 0.6) is 0 Å².